The summed E-state index contributed by atoms with van der Waals surface area (Å²) in [6.45, 7) is 1.01. The highest BCUT2D eigenvalue weighted by Gasteiger charge is 2.18. The molecule has 3 N–H and O–H groups in total. The minimum absolute atomic E-state index is 0.0408. The van der Waals surface area contributed by atoms with Gasteiger partial charge in [-0.2, -0.15) is 0 Å². The molecular formula is C13H17FIN3O3. The summed E-state index contributed by atoms with van der Waals surface area (Å²) in [5.41, 5.74) is 5.83. The van der Waals surface area contributed by atoms with Crippen LogP contribution in [0.15, 0.2) is 23.4 Å². The lowest BCUT2D eigenvalue weighted by Crippen LogP contribution is -2.37. The normalized spacial score (nSPS) is 11.5. The van der Waals surface area contributed by atoms with E-state index in [-0.39, 0.29) is 24.7 Å². The molecule has 0 saturated carbocycles. The number of oxime groups is 1. The van der Waals surface area contributed by atoms with Crippen molar-refractivity contribution in [2.75, 3.05) is 26.8 Å². The van der Waals surface area contributed by atoms with Gasteiger partial charge in [-0.25, -0.2) is 4.39 Å². The predicted octanol–water partition coefficient (Wildman–Crippen LogP) is 1.66. The lowest BCUT2D eigenvalue weighted by Gasteiger charge is -2.22. The van der Waals surface area contributed by atoms with E-state index >= 15 is 0 Å². The number of methoxy groups -OCH3 is 1. The van der Waals surface area contributed by atoms with Crippen molar-refractivity contribution >= 4 is 34.3 Å². The fraction of sp³-hybridized carbons (Fsp3) is 0.385. The van der Waals surface area contributed by atoms with E-state index < -0.39 is 5.82 Å². The molecule has 6 nitrogen and oxygen atoms in total. The number of amidine groups is 1. The van der Waals surface area contributed by atoms with Crippen molar-refractivity contribution in [3.05, 3.63) is 33.1 Å². The van der Waals surface area contributed by atoms with E-state index in [4.69, 9.17) is 15.7 Å². The van der Waals surface area contributed by atoms with Crippen LogP contribution >= 0.6 is 22.6 Å². The number of carbonyl (C=O) groups excluding carboxylic acids is 1. The number of benzene rings is 1. The molecule has 0 aliphatic carbocycles. The zero-order valence-corrected chi connectivity index (χ0v) is 13.7. The fourth-order valence-electron chi connectivity index (χ4n) is 1.65. The van der Waals surface area contributed by atoms with E-state index in [1.54, 1.807) is 0 Å². The van der Waals surface area contributed by atoms with E-state index in [1.807, 2.05) is 22.6 Å². The third-order valence-corrected chi connectivity index (χ3v) is 3.67. The van der Waals surface area contributed by atoms with Crippen LogP contribution in [0.3, 0.4) is 0 Å². The summed E-state index contributed by atoms with van der Waals surface area (Å²) in [4.78, 5) is 14.0. The zero-order chi connectivity index (χ0) is 15.8. The van der Waals surface area contributed by atoms with Gasteiger partial charge in [-0.15, -0.1) is 0 Å². The maximum Gasteiger partial charge on any atom is 0.255 e. The first-order valence-electron chi connectivity index (χ1n) is 6.19. The Balaban J connectivity index is 2.87. The third-order valence-electron chi connectivity index (χ3n) is 2.78. The van der Waals surface area contributed by atoms with Crippen LogP contribution in [0.25, 0.3) is 0 Å². The molecule has 0 atom stereocenters. The molecule has 0 aliphatic rings. The lowest BCUT2D eigenvalue weighted by atomic mass is 10.2. The Morgan fingerprint density at radius 1 is 1.52 bits per heavy atom. The summed E-state index contributed by atoms with van der Waals surface area (Å²) in [5.74, 6) is -0.600. The van der Waals surface area contributed by atoms with Gasteiger partial charge in [0.05, 0.1) is 12.2 Å². The van der Waals surface area contributed by atoms with Gasteiger partial charge in [0, 0.05) is 30.2 Å². The van der Waals surface area contributed by atoms with Gasteiger partial charge < -0.3 is 20.6 Å². The number of nitrogens with zero attached hydrogens (tertiary/aromatic N) is 2. The summed E-state index contributed by atoms with van der Waals surface area (Å²) in [6, 6.07) is 3.99. The maximum absolute atomic E-state index is 13.1. The summed E-state index contributed by atoms with van der Waals surface area (Å²) in [5, 5.41) is 11.4. The second-order valence-electron chi connectivity index (χ2n) is 4.25. The van der Waals surface area contributed by atoms with Gasteiger partial charge in [-0.3, -0.25) is 4.79 Å². The van der Waals surface area contributed by atoms with Crippen LogP contribution in [0.5, 0.6) is 0 Å². The molecule has 0 fully saturated rings. The van der Waals surface area contributed by atoms with Crippen molar-refractivity contribution in [1.29, 1.82) is 0 Å². The smallest absolute Gasteiger partial charge is 0.255 e. The minimum Gasteiger partial charge on any atom is -0.409 e. The Morgan fingerprint density at radius 3 is 2.81 bits per heavy atom. The number of amides is 1. The lowest BCUT2D eigenvalue weighted by molar-refractivity contribution is 0.0699. The first kappa shape index (κ1) is 17.6. The van der Waals surface area contributed by atoms with Crippen molar-refractivity contribution in [1.82, 2.24) is 4.90 Å². The van der Waals surface area contributed by atoms with Gasteiger partial charge in [-0.1, -0.05) is 5.16 Å². The highest BCUT2D eigenvalue weighted by molar-refractivity contribution is 14.1. The molecule has 0 unspecified atom stereocenters. The summed E-state index contributed by atoms with van der Waals surface area (Å²) < 4.78 is 18.6. The van der Waals surface area contributed by atoms with Gasteiger partial charge in [0.25, 0.3) is 5.91 Å². The molecule has 0 spiro atoms. The van der Waals surface area contributed by atoms with Gasteiger partial charge in [0.1, 0.15) is 11.7 Å². The number of carbonyl (C=O) groups is 1. The van der Waals surface area contributed by atoms with Crippen molar-refractivity contribution in [2.24, 2.45) is 10.9 Å². The Morgan fingerprint density at radius 2 is 2.24 bits per heavy atom. The molecule has 1 rings (SSSR count). The molecule has 0 aliphatic heterocycles. The third kappa shape index (κ3) is 5.46. The second kappa shape index (κ2) is 8.78. The fourth-order valence-corrected chi connectivity index (χ4v) is 2.36. The molecule has 0 aromatic heterocycles. The number of halogens is 2. The quantitative estimate of drug-likeness (QED) is 0.236. The van der Waals surface area contributed by atoms with Crippen LogP contribution in [0.4, 0.5) is 4.39 Å². The largest absolute Gasteiger partial charge is 0.409 e. The Bertz CT molecular complexity index is 525. The first-order chi connectivity index (χ1) is 9.99. The first-order valence-corrected chi connectivity index (χ1v) is 7.27. The van der Waals surface area contributed by atoms with Crippen LogP contribution in [-0.2, 0) is 4.74 Å². The number of ether oxygens (including phenoxy) is 1. The zero-order valence-electron chi connectivity index (χ0n) is 11.6. The van der Waals surface area contributed by atoms with E-state index in [0.29, 0.717) is 22.3 Å². The van der Waals surface area contributed by atoms with E-state index in [2.05, 4.69) is 5.16 Å². The van der Waals surface area contributed by atoms with Crippen molar-refractivity contribution < 1.29 is 19.1 Å². The standard InChI is InChI=1S/C13H17FIN3O3/c1-21-7-6-18(5-4-12(16)17-20)13(19)10-3-2-9(14)8-11(10)15/h2-3,8,20H,4-7H2,1H3,(H2,16,17). The van der Waals surface area contributed by atoms with Crippen molar-refractivity contribution in [3.8, 4) is 0 Å². The topological polar surface area (TPSA) is 88.2 Å². The number of hydrogen-bond acceptors (Lipinski definition) is 4. The van der Waals surface area contributed by atoms with Gasteiger partial charge in [-0.05, 0) is 40.8 Å². The molecule has 116 valence electrons. The van der Waals surface area contributed by atoms with Crippen LogP contribution < -0.4 is 5.73 Å². The summed E-state index contributed by atoms with van der Waals surface area (Å²) >= 11 is 1.91. The minimum atomic E-state index is -0.393. The Kier molecular flexibility index (Phi) is 7.37. The molecule has 0 saturated heterocycles. The number of hydrogen-bond donors (Lipinski definition) is 2. The molecule has 1 amide bonds. The summed E-state index contributed by atoms with van der Waals surface area (Å²) in [6.07, 6.45) is 0.240. The van der Waals surface area contributed by atoms with Gasteiger partial charge >= 0.3 is 0 Å². The maximum atomic E-state index is 13.1. The van der Waals surface area contributed by atoms with E-state index in [1.165, 1.54) is 30.2 Å². The second-order valence-corrected chi connectivity index (χ2v) is 5.41. The average molecular weight is 409 g/mol. The number of nitrogens with two attached hydrogens (primary N) is 1. The van der Waals surface area contributed by atoms with Gasteiger partial charge in [0.2, 0.25) is 0 Å². The number of rotatable bonds is 7. The molecule has 0 radical (unpaired) electrons. The van der Waals surface area contributed by atoms with Crippen molar-refractivity contribution in [2.45, 2.75) is 6.42 Å². The van der Waals surface area contributed by atoms with Gasteiger partial charge in [0.15, 0.2) is 0 Å². The van der Waals surface area contributed by atoms with Crippen LogP contribution in [0.1, 0.15) is 16.8 Å². The average Bonchev–Trinajstić information content (AvgIpc) is 2.46. The highest BCUT2D eigenvalue weighted by atomic mass is 127. The highest BCUT2D eigenvalue weighted by Crippen LogP contribution is 2.16. The summed E-state index contributed by atoms with van der Waals surface area (Å²) in [7, 11) is 1.54. The van der Waals surface area contributed by atoms with Crippen molar-refractivity contribution in [3.63, 3.8) is 0 Å². The van der Waals surface area contributed by atoms with E-state index in [9.17, 15) is 9.18 Å². The Hall–Kier alpha value is -1.42. The van der Waals surface area contributed by atoms with E-state index in [0.717, 1.165) is 0 Å². The van der Waals surface area contributed by atoms with Crippen LogP contribution in [0.2, 0.25) is 0 Å². The van der Waals surface area contributed by atoms with Crippen LogP contribution in [0, 0.1) is 9.39 Å². The molecule has 21 heavy (non-hydrogen) atoms. The van der Waals surface area contributed by atoms with Crippen LogP contribution in [-0.4, -0.2) is 48.7 Å². The molecule has 0 heterocycles. The molecule has 8 heteroatoms. The predicted molar refractivity (Wildman–Crippen MR) is 84.9 cm³/mol. The Labute approximate surface area is 135 Å². The SMILES string of the molecule is COCCN(CC/C(N)=N/O)C(=O)c1ccc(F)cc1I. The molecular weight excluding hydrogens is 392 g/mol. The molecule has 0 bridgehead atoms. The monoisotopic (exact) mass is 409 g/mol. The molecule has 1 aromatic rings. The molecule has 1 aromatic carbocycles.